The van der Waals surface area contributed by atoms with Gasteiger partial charge >= 0.3 is 0 Å². The topological polar surface area (TPSA) is 64.4 Å². The van der Waals surface area contributed by atoms with Crippen molar-refractivity contribution in [1.29, 1.82) is 0 Å². The summed E-state index contributed by atoms with van der Waals surface area (Å²) in [6.45, 7) is 0. The van der Waals surface area contributed by atoms with Crippen molar-refractivity contribution in [2.45, 2.75) is 0 Å². The van der Waals surface area contributed by atoms with Gasteiger partial charge in [0.05, 0.1) is 5.29 Å². The van der Waals surface area contributed by atoms with Crippen molar-refractivity contribution < 1.29 is 9.63 Å². The smallest absolute Gasteiger partial charge is 0.254 e. The molecule has 0 aliphatic carbocycles. The van der Waals surface area contributed by atoms with Crippen LogP contribution < -0.4 is 11.0 Å². The molecular formula is C4H5N2O2P. The molecule has 0 bridgehead atoms. The molecule has 1 heterocycles. The molecule has 0 fully saturated rings. The van der Waals surface area contributed by atoms with Crippen LogP contribution in [0.15, 0.2) is 12.3 Å². The van der Waals surface area contributed by atoms with Crippen LogP contribution in [0.25, 0.3) is 0 Å². The summed E-state index contributed by atoms with van der Waals surface area (Å²) in [4.78, 5) is 15.0. The van der Waals surface area contributed by atoms with E-state index in [1.54, 1.807) is 0 Å². The number of nitrogens with one attached hydrogen (secondary N) is 1. The van der Waals surface area contributed by atoms with Gasteiger partial charge in [0.1, 0.15) is 6.26 Å². The summed E-state index contributed by atoms with van der Waals surface area (Å²) in [6.07, 6.45) is 2.90. The van der Waals surface area contributed by atoms with Gasteiger partial charge in [-0.25, -0.2) is 0 Å². The number of nitrogens with two attached hydrogens (primary N) is 1. The molecule has 4 nitrogen and oxygen atoms in total. The number of carbonyl (C=O) groups is 1. The predicted molar refractivity (Wildman–Crippen MR) is 34.5 cm³/mol. The van der Waals surface area contributed by atoms with E-state index in [0.29, 0.717) is 13.6 Å². The number of hydrogen-bond donors (Lipinski definition) is 2. The Balaban J connectivity index is 2.69. The Morgan fingerprint density at radius 2 is 2.67 bits per heavy atom. The van der Waals surface area contributed by atoms with Crippen LogP contribution in [0.1, 0.15) is 0 Å². The highest BCUT2D eigenvalue weighted by Crippen LogP contribution is 2.00. The fourth-order valence-corrected chi connectivity index (χ4v) is 0.836. The van der Waals surface area contributed by atoms with E-state index in [1.807, 2.05) is 0 Å². The van der Waals surface area contributed by atoms with Crippen LogP contribution in [0.5, 0.6) is 0 Å². The van der Waals surface area contributed by atoms with E-state index >= 15 is 0 Å². The molecule has 48 valence electrons. The van der Waals surface area contributed by atoms with Gasteiger partial charge in [0, 0.05) is 8.35 Å². The Labute approximate surface area is 53.5 Å². The Kier molecular flexibility index (Phi) is 1.82. The van der Waals surface area contributed by atoms with Gasteiger partial charge in [-0.2, -0.15) is 0 Å². The fourth-order valence-electron chi connectivity index (χ4n) is 0.379. The molecule has 1 aliphatic heterocycles. The van der Waals surface area contributed by atoms with E-state index in [1.165, 1.54) is 12.3 Å². The molecule has 0 radical (unpaired) electrons. The van der Waals surface area contributed by atoms with Gasteiger partial charge in [0.25, 0.3) is 5.91 Å². The Hall–Kier alpha value is -0.860. The molecule has 5 heteroatoms. The number of carbonyl (C=O) groups excluding carboxylic acids is 1. The van der Waals surface area contributed by atoms with E-state index in [9.17, 15) is 4.79 Å². The maximum absolute atomic E-state index is 10.4. The zero-order valence-electron chi connectivity index (χ0n) is 4.50. The van der Waals surface area contributed by atoms with E-state index < -0.39 is 5.91 Å². The minimum atomic E-state index is -0.427. The molecule has 0 saturated heterocycles. The summed E-state index contributed by atoms with van der Waals surface area (Å²) in [6, 6.07) is 0. The van der Waals surface area contributed by atoms with E-state index in [0.717, 1.165) is 0 Å². The Morgan fingerprint density at radius 1 is 1.89 bits per heavy atom. The maximum Gasteiger partial charge on any atom is 0.254 e. The molecule has 0 aromatic rings. The molecule has 1 rings (SSSR count). The largest absolute Gasteiger partial charge is 0.408 e. The second-order valence-corrected chi connectivity index (χ2v) is 2.26. The lowest BCUT2D eigenvalue weighted by atomic mass is 10.4. The van der Waals surface area contributed by atoms with Gasteiger partial charge in [-0.05, 0) is 6.08 Å². The quantitative estimate of drug-likeness (QED) is 0.490. The molecule has 9 heavy (non-hydrogen) atoms. The number of primary amides is 1. The second kappa shape index (κ2) is 2.62. The van der Waals surface area contributed by atoms with Crippen LogP contribution >= 0.6 is 8.35 Å². The fraction of sp³-hybridized carbons (Fsp3) is 0. The Bertz CT molecular complexity index is 187. The van der Waals surface area contributed by atoms with Crippen LogP contribution in [0.3, 0.4) is 0 Å². The van der Waals surface area contributed by atoms with Gasteiger partial charge in [-0.3, -0.25) is 4.79 Å². The highest BCUT2D eigenvalue weighted by Gasteiger charge is 2.02. The molecule has 0 atom stereocenters. The minimum Gasteiger partial charge on any atom is -0.408 e. The second-order valence-electron chi connectivity index (χ2n) is 1.37. The van der Waals surface area contributed by atoms with E-state index in [2.05, 4.69) is 10.1 Å². The van der Waals surface area contributed by atoms with Gasteiger partial charge in [-0.1, -0.05) is 0 Å². The molecule has 1 aliphatic rings. The summed E-state index contributed by atoms with van der Waals surface area (Å²) in [5, 5.41) is 2.96. The molecule has 3 N–H and O–H groups in total. The summed E-state index contributed by atoms with van der Waals surface area (Å²) in [7, 11) is 0.605. The van der Waals surface area contributed by atoms with Crippen molar-refractivity contribution in [2.24, 2.45) is 5.73 Å². The first kappa shape index (κ1) is 6.26. The molecule has 0 aromatic heterocycles. The van der Waals surface area contributed by atoms with Gasteiger partial charge in [0.15, 0.2) is 0 Å². The first-order valence-electron chi connectivity index (χ1n) is 2.25. The lowest BCUT2D eigenvalue weighted by Crippen LogP contribution is -2.22. The van der Waals surface area contributed by atoms with Gasteiger partial charge in [-0.15, -0.1) is 5.25 Å². The maximum atomic E-state index is 10.4. The number of rotatable bonds is 1. The van der Waals surface area contributed by atoms with Crippen molar-refractivity contribution in [3.63, 3.8) is 0 Å². The third kappa shape index (κ3) is 1.52. The van der Waals surface area contributed by atoms with Crippen LogP contribution in [-0.4, -0.2) is 11.2 Å². The van der Waals surface area contributed by atoms with Crippen LogP contribution in [0.2, 0.25) is 0 Å². The highest BCUT2D eigenvalue weighted by atomic mass is 31.1. The average molecular weight is 144 g/mol. The predicted octanol–water partition coefficient (Wildman–Crippen LogP) is -0.446. The SMILES string of the molecule is NC(=O)C1=PNOC=C1. The zero-order valence-corrected chi connectivity index (χ0v) is 5.39. The third-order valence-electron chi connectivity index (χ3n) is 0.765. The van der Waals surface area contributed by atoms with Gasteiger partial charge < -0.3 is 10.6 Å². The molecule has 1 amide bonds. The standard InChI is InChI=1S/C4H5N2O2P/c5-4(7)3-1-2-8-6-9-3/h1-2,6H,(H2,5,7). The number of hydrogen-bond acceptors (Lipinski definition) is 3. The Morgan fingerprint density at radius 3 is 3.00 bits per heavy atom. The number of amides is 1. The molecule has 0 unspecified atom stereocenters. The first-order valence-corrected chi connectivity index (χ1v) is 3.15. The van der Waals surface area contributed by atoms with Crippen molar-refractivity contribution >= 4 is 19.6 Å². The minimum absolute atomic E-state index is 0.427. The normalized spacial score (nSPS) is 18.0. The van der Waals surface area contributed by atoms with Crippen LogP contribution in [-0.2, 0) is 9.63 Å². The third-order valence-corrected chi connectivity index (χ3v) is 1.57. The van der Waals surface area contributed by atoms with Crippen molar-refractivity contribution in [3.8, 4) is 0 Å². The molecular weight excluding hydrogens is 139 g/mol. The van der Waals surface area contributed by atoms with Crippen molar-refractivity contribution in [2.75, 3.05) is 0 Å². The van der Waals surface area contributed by atoms with Crippen molar-refractivity contribution in [1.82, 2.24) is 5.25 Å². The molecule has 0 spiro atoms. The summed E-state index contributed by atoms with van der Waals surface area (Å²) < 4.78 is 0. The zero-order chi connectivity index (χ0) is 6.69. The van der Waals surface area contributed by atoms with Gasteiger partial charge in [0.2, 0.25) is 0 Å². The monoisotopic (exact) mass is 144 g/mol. The lowest BCUT2D eigenvalue weighted by Gasteiger charge is -2.02. The molecule has 0 saturated carbocycles. The van der Waals surface area contributed by atoms with E-state index in [4.69, 9.17) is 5.73 Å². The summed E-state index contributed by atoms with van der Waals surface area (Å²) in [5.41, 5.74) is 4.94. The first-order chi connectivity index (χ1) is 4.30. The lowest BCUT2D eigenvalue weighted by molar-refractivity contribution is -0.111. The molecule has 0 aromatic carbocycles. The summed E-state index contributed by atoms with van der Waals surface area (Å²) in [5.74, 6) is -0.427. The summed E-state index contributed by atoms with van der Waals surface area (Å²) >= 11 is 0. The van der Waals surface area contributed by atoms with Crippen LogP contribution in [0.4, 0.5) is 0 Å². The van der Waals surface area contributed by atoms with E-state index in [-0.39, 0.29) is 0 Å². The average Bonchev–Trinajstić information content (AvgIpc) is 1.90. The van der Waals surface area contributed by atoms with Crippen LogP contribution in [0, 0.1) is 0 Å². The van der Waals surface area contributed by atoms with Crippen molar-refractivity contribution in [3.05, 3.63) is 12.3 Å². The highest BCUT2D eigenvalue weighted by molar-refractivity contribution is 7.42.